The Bertz CT molecular complexity index is 454. The average Bonchev–Trinajstić information content (AvgIpc) is 2.54. The maximum absolute atomic E-state index is 4.54. The number of aliphatic imine (C=N–C) groups is 1. The molecule has 1 nitrogen and oxygen atoms in total. The van der Waals surface area contributed by atoms with E-state index in [4.69, 9.17) is 0 Å². The molecule has 1 aliphatic rings. The van der Waals surface area contributed by atoms with Crippen LogP contribution in [0.25, 0.3) is 0 Å². The van der Waals surface area contributed by atoms with Gasteiger partial charge < -0.3 is 0 Å². The van der Waals surface area contributed by atoms with Crippen LogP contribution in [0.2, 0.25) is 0 Å². The molecule has 0 spiro atoms. The van der Waals surface area contributed by atoms with Crippen LogP contribution in [0, 0.1) is 5.41 Å². The summed E-state index contributed by atoms with van der Waals surface area (Å²) in [6, 6.07) is 0. The molecule has 0 unspecified atom stereocenters. The molecule has 0 aromatic rings. The van der Waals surface area contributed by atoms with Crippen molar-refractivity contribution in [2.45, 2.75) is 40.5 Å². The van der Waals surface area contributed by atoms with Crippen molar-refractivity contribution in [1.82, 2.24) is 0 Å². The van der Waals surface area contributed by atoms with E-state index in [2.05, 4.69) is 75.2 Å². The Kier molecular flexibility index (Phi) is 6.27. The smallest absolute Gasteiger partial charge is 0.0667 e. The van der Waals surface area contributed by atoms with E-state index in [-0.39, 0.29) is 5.41 Å². The zero-order valence-corrected chi connectivity index (χ0v) is 12.6. The van der Waals surface area contributed by atoms with Crippen molar-refractivity contribution in [1.29, 1.82) is 0 Å². The molecule has 1 heterocycles. The second-order valence-corrected chi connectivity index (χ2v) is 5.25. The van der Waals surface area contributed by atoms with Gasteiger partial charge >= 0.3 is 0 Å². The van der Waals surface area contributed by atoms with Crippen LogP contribution in [0.15, 0.2) is 64.9 Å². The highest BCUT2D eigenvalue weighted by molar-refractivity contribution is 5.74. The van der Waals surface area contributed by atoms with E-state index < -0.39 is 0 Å². The molecule has 1 heteroatoms. The van der Waals surface area contributed by atoms with E-state index in [1.165, 1.54) is 5.57 Å². The van der Waals surface area contributed by atoms with E-state index in [0.717, 1.165) is 18.5 Å². The molecule has 1 rings (SSSR count). The Balaban J connectivity index is 3.00. The topological polar surface area (TPSA) is 12.4 Å². The summed E-state index contributed by atoms with van der Waals surface area (Å²) in [5.74, 6) is 0. The predicted molar refractivity (Wildman–Crippen MR) is 86.4 cm³/mol. The first-order chi connectivity index (χ1) is 9.09. The molecule has 0 N–H and O–H groups in total. The molecular formula is C18H25N. The van der Waals surface area contributed by atoms with Gasteiger partial charge in [-0.1, -0.05) is 64.2 Å². The highest BCUT2D eigenvalue weighted by atomic mass is 14.7. The minimum Gasteiger partial charge on any atom is -0.257 e. The van der Waals surface area contributed by atoms with Gasteiger partial charge in [-0.3, -0.25) is 4.99 Å². The highest BCUT2D eigenvalue weighted by Gasteiger charge is 2.14. The molecule has 0 amide bonds. The van der Waals surface area contributed by atoms with Crippen LogP contribution in [0.1, 0.15) is 40.5 Å². The fraction of sp³-hybridized carbons (Fsp3) is 0.389. The average molecular weight is 255 g/mol. The molecule has 1 aliphatic heterocycles. The van der Waals surface area contributed by atoms with Crippen molar-refractivity contribution in [3.05, 3.63) is 59.9 Å². The maximum atomic E-state index is 4.54. The number of nitrogens with zero attached hydrogens (tertiary/aromatic N) is 1. The van der Waals surface area contributed by atoms with Crippen molar-refractivity contribution < 1.29 is 0 Å². The third-order valence-electron chi connectivity index (χ3n) is 2.81. The maximum Gasteiger partial charge on any atom is 0.0667 e. The number of rotatable bonds is 5. The summed E-state index contributed by atoms with van der Waals surface area (Å²) in [6.07, 6.45) is 21.1. The van der Waals surface area contributed by atoms with Crippen molar-refractivity contribution in [2.24, 2.45) is 10.4 Å². The predicted octanol–water partition coefficient (Wildman–Crippen LogP) is 5.40. The molecule has 0 fully saturated rings. The second kappa shape index (κ2) is 7.73. The van der Waals surface area contributed by atoms with Crippen LogP contribution < -0.4 is 0 Å². The lowest BCUT2D eigenvalue weighted by atomic mass is 9.91. The Morgan fingerprint density at radius 3 is 2.68 bits per heavy atom. The quantitative estimate of drug-likeness (QED) is 0.583. The lowest BCUT2D eigenvalue weighted by molar-refractivity contribution is 0.623. The van der Waals surface area contributed by atoms with Gasteiger partial charge in [0.2, 0.25) is 0 Å². The van der Waals surface area contributed by atoms with Gasteiger partial charge in [-0.2, -0.15) is 0 Å². The van der Waals surface area contributed by atoms with Gasteiger partial charge in [-0.15, -0.1) is 0 Å². The molecular weight excluding hydrogens is 230 g/mol. The van der Waals surface area contributed by atoms with Gasteiger partial charge in [0, 0.05) is 11.6 Å². The molecule has 0 bridgehead atoms. The molecule has 0 saturated carbocycles. The van der Waals surface area contributed by atoms with Gasteiger partial charge in [-0.05, 0) is 30.6 Å². The van der Waals surface area contributed by atoms with Crippen molar-refractivity contribution in [3.8, 4) is 0 Å². The van der Waals surface area contributed by atoms with Crippen molar-refractivity contribution >= 4 is 6.21 Å². The third-order valence-corrected chi connectivity index (χ3v) is 2.81. The van der Waals surface area contributed by atoms with Crippen LogP contribution in [0.4, 0.5) is 0 Å². The normalized spacial score (nSPS) is 19.2. The zero-order valence-electron chi connectivity index (χ0n) is 12.6. The van der Waals surface area contributed by atoms with Crippen LogP contribution >= 0.6 is 0 Å². The van der Waals surface area contributed by atoms with E-state index in [1.54, 1.807) is 0 Å². The van der Waals surface area contributed by atoms with Gasteiger partial charge in [0.05, 0.1) is 5.70 Å². The van der Waals surface area contributed by atoms with Gasteiger partial charge in [0.25, 0.3) is 0 Å². The first kappa shape index (κ1) is 15.4. The van der Waals surface area contributed by atoms with E-state index >= 15 is 0 Å². The summed E-state index contributed by atoms with van der Waals surface area (Å²) in [4.78, 5) is 4.54. The van der Waals surface area contributed by atoms with Crippen LogP contribution in [0.5, 0.6) is 0 Å². The Morgan fingerprint density at radius 1 is 1.21 bits per heavy atom. The molecule has 0 aliphatic carbocycles. The molecule has 102 valence electrons. The van der Waals surface area contributed by atoms with E-state index in [0.29, 0.717) is 0 Å². The molecule has 0 aromatic carbocycles. The Morgan fingerprint density at radius 2 is 2.00 bits per heavy atom. The van der Waals surface area contributed by atoms with Crippen LogP contribution in [-0.2, 0) is 0 Å². The number of hydrogen-bond donors (Lipinski definition) is 0. The first-order valence-electron chi connectivity index (χ1n) is 7.07. The minimum atomic E-state index is 0.0474. The fourth-order valence-corrected chi connectivity index (χ4v) is 1.86. The zero-order chi connectivity index (χ0) is 14.1. The highest BCUT2D eigenvalue weighted by Crippen LogP contribution is 2.27. The van der Waals surface area contributed by atoms with Gasteiger partial charge in [-0.25, -0.2) is 0 Å². The standard InChI is InChI=1S/C18H25N/c1-5-7-8-9-12-16(11-6-2)17-15-18(3,4)13-10-14-19-17/h7-15H,5-6H2,1-4H3/b8-7-,12-9-,16-11+. The lowest BCUT2D eigenvalue weighted by Crippen LogP contribution is -2.03. The molecule has 0 aromatic heterocycles. The largest absolute Gasteiger partial charge is 0.257 e. The van der Waals surface area contributed by atoms with Crippen molar-refractivity contribution in [2.75, 3.05) is 0 Å². The molecule has 0 saturated heterocycles. The third kappa shape index (κ3) is 5.69. The Hall–Kier alpha value is -1.63. The van der Waals surface area contributed by atoms with Crippen molar-refractivity contribution in [3.63, 3.8) is 0 Å². The summed E-state index contributed by atoms with van der Waals surface area (Å²) in [5, 5.41) is 0. The SMILES string of the molecule is CC\C=C/C=C\C(=C/CC)C1=CC(C)(C)C=CC=N1. The lowest BCUT2D eigenvalue weighted by Gasteiger charge is -2.15. The van der Waals surface area contributed by atoms with Crippen LogP contribution in [0.3, 0.4) is 0 Å². The summed E-state index contributed by atoms with van der Waals surface area (Å²) < 4.78 is 0. The molecule has 0 radical (unpaired) electrons. The Labute approximate surface area is 117 Å². The van der Waals surface area contributed by atoms with Gasteiger partial charge in [0.1, 0.15) is 0 Å². The minimum absolute atomic E-state index is 0.0474. The fourth-order valence-electron chi connectivity index (χ4n) is 1.86. The van der Waals surface area contributed by atoms with Crippen LogP contribution in [-0.4, -0.2) is 6.21 Å². The second-order valence-electron chi connectivity index (χ2n) is 5.25. The monoisotopic (exact) mass is 255 g/mol. The van der Waals surface area contributed by atoms with E-state index in [9.17, 15) is 0 Å². The summed E-state index contributed by atoms with van der Waals surface area (Å²) in [7, 11) is 0. The van der Waals surface area contributed by atoms with Gasteiger partial charge in [0.15, 0.2) is 0 Å². The molecule has 19 heavy (non-hydrogen) atoms. The van der Waals surface area contributed by atoms with E-state index in [1.807, 2.05) is 12.3 Å². The number of hydrogen-bond acceptors (Lipinski definition) is 1. The first-order valence-corrected chi connectivity index (χ1v) is 7.07. The summed E-state index contributed by atoms with van der Waals surface area (Å²) in [6.45, 7) is 8.68. The number of allylic oxidation sites excluding steroid dienone is 8. The summed E-state index contributed by atoms with van der Waals surface area (Å²) >= 11 is 0. The molecule has 0 atom stereocenters. The summed E-state index contributed by atoms with van der Waals surface area (Å²) in [5.41, 5.74) is 2.29.